The van der Waals surface area contributed by atoms with Gasteiger partial charge in [-0.15, -0.1) is 0 Å². The Bertz CT molecular complexity index is 535. The predicted octanol–water partition coefficient (Wildman–Crippen LogP) is 1.61. The smallest absolute Gasteiger partial charge is 0.335 e. The Morgan fingerprint density at radius 1 is 1.55 bits per heavy atom. The molecule has 0 spiro atoms. The summed E-state index contributed by atoms with van der Waals surface area (Å²) >= 11 is 3.30. The third-order valence-corrected chi connectivity index (χ3v) is 3.56. The fourth-order valence-electron chi connectivity index (χ4n) is 2.37. The number of aliphatic carboxylic acids is 1. The number of halogens is 1. The molecule has 1 N–H and O–H groups in total. The summed E-state index contributed by atoms with van der Waals surface area (Å²) in [7, 11) is 0. The number of hydrogen-bond donors (Lipinski definition) is 1. The number of amides is 1. The zero-order valence-electron chi connectivity index (χ0n) is 11.1. The molecule has 2 heterocycles. The maximum absolute atomic E-state index is 12.0. The van der Waals surface area contributed by atoms with Gasteiger partial charge in [-0.3, -0.25) is 9.78 Å². The summed E-state index contributed by atoms with van der Waals surface area (Å²) in [6.45, 7) is 3.48. The zero-order chi connectivity index (χ0) is 14.9. The fraction of sp³-hybridized carbons (Fsp3) is 0.462. The second kappa shape index (κ2) is 5.88. The van der Waals surface area contributed by atoms with Crippen molar-refractivity contribution < 1.29 is 19.4 Å². The molecule has 1 aromatic rings. The van der Waals surface area contributed by atoms with Gasteiger partial charge in [-0.05, 0) is 41.4 Å². The topological polar surface area (TPSA) is 79.7 Å². The minimum Gasteiger partial charge on any atom is -0.479 e. The number of ether oxygens (including phenoxy) is 1. The highest BCUT2D eigenvalue weighted by molar-refractivity contribution is 9.10. The molecule has 7 heteroatoms. The van der Waals surface area contributed by atoms with E-state index in [9.17, 15) is 14.7 Å². The van der Waals surface area contributed by atoms with Gasteiger partial charge in [-0.1, -0.05) is 0 Å². The van der Waals surface area contributed by atoms with Crippen LogP contribution in [-0.4, -0.2) is 45.6 Å². The van der Waals surface area contributed by atoms with Gasteiger partial charge < -0.3 is 14.7 Å². The second-order valence-corrected chi connectivity index (χ2v) is 5.76. The normalized spacial score (nSPS) is 23.2. The van der Waals surface area contributed by atoms with Crippen molar-refractivity contribution in [2.24, 2.45) is 0 Å². The van der Waals surface area contributed by atoms with Crippen molar-refractivity contribution >= 4 is 27.8 Å². The molecule has 0 aromatic carbocycles. The first-order valence-corrected chi connectivity index (χ1v) is 6.97. The van der Waals surface area contributed by atoms with Crippen molar-refractivity contribution in [2.75, 3.05) is 6.61 Å². The Labute approximate surface area is 124 Å². The molecular weight excluding hydrogens is 328 g/mol. The Balaban J connectivity index is 2.48. The molecule has 1 aromatic heterocycles. The van der Waals surface area contributed by atoms with Crippen molar-refractivity contribution in [3.63, 3.8) is 0 Å². The van der Waals surface area contributed by atoms with Crippen molar-refractivity contribution in [1.29, 1.82) is 0 Å². The SMILES string of the molecule is CC(C)N1C(=O)COC(C(=O)O)C1c1cncc(Br)c1. The minimum atomic E-state index is -1.09. The number of nitrogens with zero attached hydrogens (tertiary/aromatic N) is 2. The summed E-state index contributed by atoms with van der Waals surface area (Å²) in [5.74, 6) is -1.31. The van der Waals surface area contributed by atoms with Crippen molar-refractivity contribution in [3.05, 3.63) is 28.5 Å². The van der Waals surface area contributed by atoms with Gasteiger partial charge in [0, 0.05) is 22.9 Å². The summed E-state index contributed by atoms with van der Waals surface area (Å²) < 4.78 is 5.93. The van der Waals surface area contributed by atoms with Crippen molar-refractivity contribution in [3.8, 4) is 0 Å². The van der Waals surface area contributed by atoms with E-state index in [2.05, 4.69) is 20.9 Å². The first-order valence-electron chi connectivity index (χ1n) is 6.18. The molecule has 2 rings (SSSR count). The number of aromatic nitrogens is 1. The molecule has 0 saturated carbocycles. The summed E-state index contributed by atoms with van der Waals surface area (Å²) in [6.07, 6.45) is 2.07. The molecular formula is C13H15BrN2O4. The van der Waals surface area contributed by atoms with Gasteiger partial charge in [0.1, 0.15) is 6.61 Å². The largest absolute Gasteiger partial charge is 0.479 e. The summed E-state index contributed by atoms with van der Waals surface area (Å²) in [4.78, 5) is 29.0. The number of carboxylic acids is 1. The molecule has 0 radical (unpaired) electrons. The lowest BCUT2D eigenvalue weighted by Crippen LogP contribution is -2.54. The van der Waals surface area contributed by atoms with Gasteiger partial charge in [0.05, 0.1) is 6.04 Å². The maximum Gasteiger partial charge on any atom is 0.335 e. The van der Waals surface area contributed by atoms with Crippen LogP contribution >= 0.6 is 15.9 Å². The number of pyridine rings is 1. The van der Waals surface area contributed by atoms with Crippen molar-refractivity contribution in [1.82, 2.24) is 9.88 Å². The van der Waals surface area contributed by atoms with E-state index >= 15 is 0 Å². The number of hydrogen-bond acceptors (Lipinski definition) is 4. The minimum absolute atomic E-state index is 0.128. The molecule has 1 amide bonds. The van der Waals surface area contributed by atoms with Crippen LogP contribution in [0.15, 0.2) is 22.9 Å². The lowest BCUT2D eigenvalue weighted by molar-refractivity contribution is -0.175. The maximum atomic E-state index is 12.0. The Hall–Kier alpha value is -1.47. The number of carbonyl (C=O) groups is 2. The van der Waals surface area contributed by atoms with Crippen LogP contribution in [0.1, 0.15) is 25.5 Å². The average molecular weight is 343 g/mol. The van der Waals surface area contributed by atoms with Crippen LogP contribution < -0.4 is 0 Å². The van der Waals surface area contributed by atoms with E-state index in [0.29, 0.717) is 5.56 Å². The fourth-order valence-corrected chi connectivity index (χ4v) is 2.75. The molecule has 108 valence electrons. The van der Waals surface area contributed by atoms with E-state index in [1.54, 1.807) is 23.4 Å². The van der Waals surface area contributed by atoms with Gasteiger partial charge in [-0.2, -0.15) is 0 Å². The Morgan fingerprint density at radius 3 is 2.80 bits per heavy atom. The first kappa shape index (κ1) is 14.9. The van der Waals surface area contributed by atoms with Gasteiger partial charge in [-0.25, -0.2) is 4.79 Å². The van der Waals surface area contributed by atoms with E-state index in [4.69, 9.17) is 4.74 Å². The van der Waals surface area contributed by atoms with Gasteiger partial charge in [0.15, 0.2) is 6.10 Å². The van der Waals surface area contributed by atoms with Gasteiger partial charge in [0.25, 0.3) is 0 Å². The third-order valence-electron chi connectivity index (χ3n) is 3.13. The van der Waals surface area contributed by atoms with Crippen LogP contribution in [0.2, 0.25) is 0 Å². The standard InChI is InChI=1S/C13H15BrN2O4/c1-7(2)16-10(17)6-20-12(13(18)19)11(16)8-3-9(14)5-15-4-8/h3-5,7,11-12H,6H2,1-2H3,(H,18,19). The monoisotopic (exact) mass is 342 g/mol. The van der Waals surface area contributed by atoms with E-state index in [1.165, 1.54) is 0 Å². The number of carbonyl (C=O) groups excluding carboxylic acids is 1. The Kier molecular flexibility index (Phi) is 4.39. The summed E-state index contributed by atoms with van der Waals surface area (Å²) in [5, 5.41) is 9.33. The average Bonchev–Trinajstić information content (AvgIpc) is 2.37. The highest BCUT2D eigenvalue weighted by Crippen LogP contribution is 2.32. The van der Waals surface area contributed by atoms with Crippen LogP contribution in [-0.2, 0) is 14.3 Å². The zero-order valence-corrected chi connectivity index (χ0v) is 12.7. The van der Waals surface area contributed by atoms with E-state index < -0.39 is 18.1 Å². The lowest BCUT2D eigenvalue weighted by atomic mass is 9.98. The third kappa shape index (κ3) is 2.83. The van der Waals surface area contributed by atoms with Crippen LogP contribution in [0.3, 0.4) is 0 Å². The van der Waals surface area contributed by atoms with E-state index in [-0.39, 0.29) is 18.6 Å². The molecule has 6 nitrogen and oxygen atoms in total. The summed E-state index contributed by atoms with van der Waals surface area (Å²) in [5.41, 5.74) is 0.633. The molecule has 1 aliphatic rings. The van der Waals surface area contributed by atoms with Crippen LogP contribution in [0, 0.1) is 0 Å². The first-order chi connectivity index (χ1) is 9.41. The molecule has 1 saturated heterocycles. The Morgan fingerprint density at radius 2 is 2.25 bits per heavy atom. The van der Waals surface area contributed by atoms with Gasteiger partial charge in [0.2, 0.25) is 5.91 Å². The highest BCUT2D eigenvalue weighted by atomic mass is 79.9. The number of morpholine rings is 1. The van der Waals surface area contributed by atoms with Gasteiger partial charge >= 0.3 is 5.97 Å². The highest BCUT2D eigenvalue weighted by Gasteiger charge is 2.43. The number of rotatable bonds is 3. The second-order valence-electron chi connectivity index (χ2n) is 4.85. The van der Waals surface area contributed by atoms with Crippen LogP contribution in [0.25, 0.3) is 0 Å². The van der Waals surface area contributed by atoms with E-state index in [0.717, 1.165) is 4.47 Å². The van der Waals surface area contributed by atoms with Crippen molar-refractivity contribution in [2.45, 2.75) is 32.0 Å². The van der Waals surface area contributed by atoms with E-state index in [1.807, 2.05) is 13.8 Å². The molecule has 20 heavy (non-hydrogen) atoms. The molecule has 2 atom stereocenters. The molecule has 2 unspecified atom stereocenters. The molecule has 1 aliphatic heterocycles. The number of carboxylic acid groups (broad SMARTS) is 1. The molecule has 1 fully saturated rings. The molecule has 0 aliphatic carbocycles. The quantitative estimate of drug-likeness (QED) is 0.902. The summed E-state index contributed by atoms with van der Waals surface area (Å²) in [6, 6.07) is 0.946. The van der Waals surface area contributed by atoms with Crippen LogP contribution in [0.5, 0.6) is 0 Å². The lowest BCUT2D eigenvalue weighted by Gasteiger charge is -2.41. The molecule has 0 bridgehead atoms. The predicted molar refractivity (Wildman–Crippen MR) is 74.0 cm³/mol. The van der Waals surface area contributed by atoms with Crippen LogP contribution in [0.4, 0.5) is 0 Å².